The Labute approximate surface area is 110 Å². The molecule has 0 radical (unpaired) electrons. The number of rotatable bonds is 4. The lowest BCUT2D eigenvalue weighted by Crippen LogP contribution is -2.54. The first-order chi connectivity index (χ1) is 8.95. The van der Waals surface area contributed by atoms with Crippen molar-refractivity contribution >= 4 is 17.6 Å². The maximum atomic E-state index is 11.7. The summed E-state index contributed by atoms with van der Waals surface area (Å²) in [5, 5.41) is 19.3. The van der Waals surface area contributed by atoms with Gasteiger partial charge in [-0.2, -0.15) is 0 Å². The molecule has 2 N–H and O–H groups in total. The predicted molar refractivity (Wildman–Crippen MR) is 66.1 cm³/mol. The van der Waals surface area contributed by atoms with Crippen LogP contribution in [0.4, 0.5) is 5.82 Å². The van der Waals surface area contributed by atoms with Crippen molar-refractivity contribution in [3.63, 3.8) is 0 Å². The van der Waals surface area contributed by atoms with Gasteiger partial charge < -0.3 is 15.3 Å². The fourth-order valence-electron chi connectivity index (χ4n) is 1.60. The zero-order chi connectivity index (χ0) is 14.0. The van der Waals surface area contributed by atoms with E-state index in [1.807, 2.05) is 0 Å². The van der Waals surface area contributed by atoms with Crippen molar-refractivity contribution in [1.29, 1.82) is 0 Å². The van der Waals surface area contributed by atoms with Crippen molar-refractivity contribution in [2.24, 2.45) is 5.92 Å². The number of aliphatic hydroxyl groups excluding tert-OH is 1. The standard InChI is InChI=1S/C11H17N5O3/c1-7(2)11(19)12-9-5-16(14-13-9)6-10(18)15-3-8(17)4-15/h5,7-8,17H,3-4,6H2,1-2H3,(H,12,19). The number of amides is 2. The van der Waals surface area contributed by atoms with Crippen molar-refractivity contribution in [2.75, 3.05) is 18.4 Å². The molecule has 2 amide bonds. The highest BCUT2D eigenvalue weighted by Gasteiger charge is 2.28. The minimum absolute atomic E-state index is 0.0528. The third-order valence-corrected chi connectivity index (χ3v) is 2.83. The molecule has 104 valence electrons. The zero-order valence-electron chi connectivity index (χ0n) is 10.9. The lowest BCUT2D eigenvalue weighted by Gasteiger charge is -2.35. The van der Waals surface area contributed by atoms with E-state index in [0.717, 1.165) is 0 Å². The number of β-amino-alcohol motifs (C(OH)–C–C–N with tert-alkyl or cyclic N) is 1. The first kappa shape index (κ1) is 13.5. The Morgan fingerprint density at radius 1 is 1.53 bits per heavy atom. The predicted octanol–water partition coefficient (Wildman–Crippen LogP) is -0.924. The Morgan fingerprint density at radius 2 is 2.21 bits per heavy atom. The molecule has 1 saturated heterocycles. The molecular weight excluding hydrogens is 250 g/mol. The third-order valence-electron chi connectivity index (χ3n) is 2.83. The normalized spacial score (nSPS) is 15.5. The fourth-order valence-corrected chi connectivity index (χ4v) is 1.60. The molecule has 19 heavy (non-hydrogen) atoms. The first-order valence-electron chi connectivity index (χ1n) is 6.12. The summed E-state index contributed by atoms with van der Waals surface area (Å²) in [6, 6.07) is 0. The Bertz CT molecular complexity index is 478. The van der Waals surface area contributed by atoms with Gasteiger partial charge in [0.1, 0.15) is 6.54 Å². The topological polar surface area (TPSA) is 100 Å². The number of carbonyl (C=O) groups is 2. The number of hydrogen-bond donors (Lipinski definition) is 2. The van der Waals surface area contributed by atoms with Crippen LogP contribution in [0.3, 0.4) is 0 Å². The van der Waals surface area contributed by atoms with Crippen LogP contribution < -0.4 is 5.32 Å². The Balaban J connectivity index is 1.87. The Hall–Kier alpha value is -1.96. The maximum absolute atomic E-state index is 11.7. The van der Waals surface area contributed by atoms with Gasteiger partial charge in [0, 0.05) is 19.0 Å². The summed E-state index contributed by atoms with van der Waals surface area (Å²) < 4.78 is 1.36. The van der Waals surface area contributed by atoms with Crippen molar-refractivity contribution < 1.29 is 14.7 Å². The van der Waals surface area contributed by atoms with E-state index < -0.39 is 6.10 Å². The summed E-state index contributed by atoms with van der Waals surface area (Å²) in [6.45, 7) is 4.34. The summed E-state index contributed by atoms with van der Waals surface area (Å²) >= 11 is 0. The third kappa shape index (κ3) is 3.28. The number of hydrogen-bond acceptors (Lipinski definition) is 5. The van der Waals surface area contributed by atoms with Gasteiger partial charge in [-0.25, -0.2) is 4.68 Å². The molecule has 2 rings (SSSR count). The van der Waals surface area contributed by atoms with Crippen LogP contribution in [-0.4, -0.2) is 56.0 Å². The number of nitrogens with zero attached hydrogens (tertiary/aromatic N) is 4. The molecule has 0 aliphatic carbocycles. The molecule has 2 heterocycles. The van der Waals surface area contributed by atoms with Crippen molar-refractivity contribution in [3.05, 3.63) is 6.20 Å². The summed E-state index contributed by atoms with van der Waals surface area (Å²) in [5.41, 5.74) is 0. The molecule has 0 spiro atoms. The van der Waals surface area contributed by atoms with Crippen molar-refractivity contribution in [2.45, 2.75) is 26.5 Å². The first-order valence-corrected chi connectivity index (χ1v) is 6.12. The van der Waals surface area contributed by atoms with Gasteiger partial charge in [-0.3, -0.25) is 9.59 Å². The van der Waals surface area contributed by atoms with Crippen LogP contribution in [0.1, 0.15) is 13.8 Å². The molecule has 1 aliphatic heterocycles. The van der Waals surface area contributed by atoms with Crippen LogP contribution >= 0.6 is 0 Å². The molecule has 8 heteroatoms. The van der Waals surface area contributed by atoms with Crippen LogP contribution in [0.2, 0.25) is 0 Å². The highest BCUT2D eigenvalue weighted by Crippen LogP contribution is 2.09. The van der Waals surface area contributed by atoms with Gasteiger partial charge in [-0.05, 0) is 0 Å². The van der Waals surface area contributed by atoms with Gasteiger partial charge in [0.25, 0.3) is 0 Å². The molecule has 1 aromatic heterocycles. The van der Waals surface area contributed by atoms with Gasteiger partial charge in [-0.1, -0.05) is 19.1 Å². The number of anilines is 1. The van der Waals surface area contributed by atoms with Crippen LogP contribution in [0.15, 0.2) is 6.20 Å². The van der Waals surface area contributed by atoms with Crippen LogP contribution in [0.25, 0.3) is 0 Å². The highest BCUT2D eigenvalue weighted by atomic mass is 16.3. The van der Waals surface area contributed by atoms with E-state index in [0.29, 0.717) is 18.9 Å². The van der Waals surface area contributed by atoms with Gasteiger partial charge in [-0.15, -0.1) is 5.10 Å². The maximum Gasteiger partial charge on any atom is 0.244 e. The highest BCUT2D eigenvalue weighted by molar-refractivity contribution is 5.90. The average Bonchev–Trinajstić information content (AvgIpc) is 2.72. The van der Waals surface area contributed by atoms with Gasteiger partial charge in [0.2, 0.25) is 11.8 Å². The van der Waals surface area contributed by atoms with E-state index in [1.54, 1.807) is 18.7 Å². The van der Waals surface area contributed by atoms with E-state index in [9.17, 15) is 9.59 Å². The summed E-state index contributed by atoms with van der Waals surface area (Å²) in [6.07, 6.45) is 1.09. The molecule has 0 bridgehead atoms. The Morgan fingerprint density at radius 3 is 2.79 bits per heavy atom. The Kier molecular flexibility index (Phi) is 3.79. The number of nitrogens with one attached hydrogen (secondary N) is 1. The van der Waals surface area contributed by atoms with E-state index in [2.05, 4.69) is 15.6 Å². The molecule has 1 aromatic rings. The zero-order valence-corrected chi connectivity index (χ0v) is 10.9. The van der Waals surface area contributed by atoms with E-state index >= 15 is 0 Å². The summed E-state index contributed by atoms with van der Waals surface area (Å²) in [7, 11) is 0. The van der Waals surface area contributed by atoms with Crippen molar-refractivity contribution in [1.82, 2.24) is 19.9 Å². The number of aliphatic hydroxyl groups is 1. The summed E-state index contributed by atoms with van der Waals surface area (Å²) in [4.78, 5) is 24.7. The molecule has 0 aromatic carbocycles. The number of likely N-dealkylation sites (tertiary alicyclic amines) is 1. The smallest absolute Gasteiger partial charge is 0.244 e. The molecule has 0 saturated carbocycles. The number of carbonyl (C=O) groups excluding carboxylic acids is 2. The molecule has 1 fully saturated rings. The second-order valence-corrected chi connectivity index (χ2v) is 4.90. The minimum atomic E-state index is -0.416. The van der Waals surface area contributed by atoms with Crippen LogP contribution in [0.5, 0.6) is 0 Å². The quantitative estimate of drug-likeness (QED) is 0.734. The molecular formula is C11H17N5O3. The molecule has 1 aliphatic rings. The van der Waals surface area contributed by atoms with Gasteiger partial charge in [0.15, 0.2) is 5.82 Å². The van der Waals surface area contributed by atoms with Crippen molar-refractivity contribution in [3.8, 4) is 0 Å². The van der Waals surface area contributed by atoms with Crippen LogP contribution in [-0.2, 0) is 16.1 Å². The van der Waals surface area contributed by atoms with Crippen LogP contribution in [0, 0.1) is 5.92 Å². The number of aromatic nitrogens is 3. The largest absolute Gasteiger partial charge is 0.389 e. The van der Waals surface area contributed by atoms with E-state index in [4.69, 9.17) is 5.11 Å². The fraction of sp³-hybridized carbons (Fsp3) is 0.636. The van der Waals surface area contributed by atoms with Gasteiger partial charge in [0.05, 0.1) is 12.3 Å². The molecule has 8 nitrogen and oxygen atoms in total. The monoisotopic (exact) mass is 267 g/mol. The lowest BCUT2D eigenvalue weighted by atomic mass is 10.2. The SMILES string of the molecule is CC(C)C(=O)Nc1cn(CC(=O)N2CC(O)C2)nn1. The minimum Gasteiger partial charge on any atom is -0.389 e. The molecule has 0 unspecified atom stereocenters. The van der Waals surface area contributed by atoms with E-state index in [1.165, 1.54) is 10.9 Å². The second-order valence-electron chi connectivity index (χ2n) is 4.90. The van der Waals surface area contributed by atoms with Gasteiger partial charge >= 0.3 is 0 Å². The lowest BCUT2D eigenvalue weighted by molar-refractivity contribution is -0.142. The summed E-state index contributed by atoms with van der Waals surface area (Å²) in [5.74, 6) is -0.0920. The van der Waals surface area contributed by atoms with E-state index in [-0.39, 0.29) is 24.3 Å². The second kappa shape index (κ2) is 5.35. The molecule has 0 atom stereocenters. The average molecular weight is 267 g/mol.